The number of ether oxygens (including phenoxy) is 2. The molecule has 34 heavy (non-hydrogen) atoms. The second-order valence-corrected chi connectivity index (χ2v) is 9.84. The zero-order valence-corrected chi connectivity index (χ0v) is 19.6. The molecule has 0 saturated carbocycles. The number of amides is 1. The van der Waals surface area contributed by atoms with E-state index >= 15 is 0 Å². The van der Waals surface area contributed by atoms with Gasteiger partial charge in [-0.25, -0.2) is 13.1 Å². The van der Waals surface area contributed by atoms with E-state index in [9.17, 15) is 13.2 Å². The van der Waals surface area contributed by atoms with E-state index in [0.29, 0.717) is 38.3 Å². The predicted octanol–water partition coefficient (Wildman–Crippen LogP) is 3.61. The van der Waals surface area contributed by atoms with Crippen molar-refractivity contribution in [2.75, 3.05) is 19.7 Å². The lowest BCUT2D eigenvalue weighted by atomic mass is 10.1. The molecule has 178 valence electrons. The van der Waals surface area contributed by atoms with Crippen LogP contribution in [0.3, 0.4) is 0 Å². The summed E-state index contributed by atoms with van der Waals surface area (Å²) >= 11 is 0. The van der Waals surface area contributed by atoms with Crippen LogP contribution in [0.2, 0.25) is 0 Å². The van der Waals surface area contributed by atoms with Gasteiger partial charge in [0.25, 0.3) is 5.91 Å². The van der Waals surface area contributed by atoms with Crippen molar-refractivity contribution in [3.63, 3.8) is 0 Å². The minimum Gasteiger partial charge on any atom is -0.489 e. The van der Waals surface area contributed by atoms with E-state index in [1.165, 1.54) is 0 Å². The molecular formula is C26H28N2O5S. The molecular weight excluding hydrogens is 452 g/mol. The fourth-order valence-electron chi connectivity index (χ4n) is 3.74. The van der Waals surface area contributed by atoms with Gasteiger partial charge in [-0.05, 0) is 54.8 Å². The van der Waals surface area contributed by atoms with Crippen LogP contribution in [0.1, 0.15) is 18.4 Å². The maximum atomic E-state index is 12.5. The van der Waals surface area contributed by atoms with Gasteiger partial charge < -0.3 is 14.4 Å². The Hall–Kier alpha value is -3.36. The average molecular weight is 481 g/mol. The summed E-state index contributed by atoms with van der Waals surface area (Å²) in [5.41, 5.74) is 1.09. The van der Waals surface area contributed by atoms with Gasteiger partial charge in [0.05, 0.1) is 4.90 Å². The Bertz CT molecular complexity index is 1160. The number of hydrogen-bond acceptors (Lipinski definition) is 5. The van der Waals surface area contributed by atoms with Crippen molar-refractivity contribution in [1.29, 1.82) is 0 Å². The third-order valence-electron chi connectivity index (χ3n) is 5.66. The van der Waals surface area contributed by atoms with Crippen LogP contribution >= 0.6 is 0 Å². The summed E-state index contributed by atoms with van der Waals surface area (Å²) < 4.78 is 39.1. The number of carbonyl (C=O) groups is 1. The standard InChI is InChI=1S/C26H28N2O5S/c29-26(20-33-24-13-11-23(12-14-24)32-19-21-7-3-1-4-8-21)28-17-15-22(16-18-28)27-34(30,31)25-9-5-2-6-10-25/h1-14,22,27H,15-20H2. The minimum atomic E-state index is -3.56. The molecule has 3 aromatic carbocycles. The molecule has 4 rings (SSSR count). The quantitative estimate of drug-likeness (QED) is 0.506. The van der Waals surface area contributed by atoms with Gasteiger partial charge >= 0.3 is 0 Å². The highest BCUT2D eigenvalue weighted by atomic mass is 32.2. The van der Waals surface area contributed by atoms with Crippen LogP contribution in [-0.2, 0) is 21.4 Å². The zero-order valence-electron chi connectivity index (χ0n) is 18.8. The van der Waals surface area contributed by atoms with E-state index in [1.807, 2.05) is 42.5 Å². The Morgan fingerprint density at radius 1 is 0.824 bits per heavy atom. The van der Waals surface area contributed by atoms with Crippen molar-refractivity contribution in [2.45, 2.75) is 30.4 Å². The van der Waals surface area contributed by atoms with E-state index in [0.717, 1.165) is 11.3 Å². The summed E-state index contributed by atoms with van der Waals surface area (Å²) in [5.74, 6) is 1.20. The normalized spacial score (nSPS) is 14.5. The SMILES string of the molecule is O=C(COc1ccc(OCc2ccccc2)cc1)N1CCC(NS(=O)(=O)c2ccccc2)CC1. The van der Waals surface area contributed by atoms with Crippen LogP contribution in [0.5, 0.6) is 11.5 Å². The molecule has 0 aliphatic carbocycles. The monoisotopic (exact) mass is 480 g/mol. The first kappa shape index (κ1) is 23.8. The van der Waals surface area contributed by atoms with Crippen molar-refractivity contribution < 1.29 is 22.7 Å². The molecule has 0 radical (unpaired) electrons. The topological polar surface area (TPSA) is 84.9 Å². The van der Waals surface area contributed by atoms with E-state index in [1.54, 1.807) is 47.4 Å². The lowest BCUT2D eigenvalue weighted by molar-refractivity contribution is -0.134. The molecule has 0 aromatic heterocycles. The van der Waals surface area contributed by atoms with Crippen LogP contribution in [0.15, 0.2) is 89.8 Å². The van der Waals surface area contributed by atoms with Crippen molar-refractivity contribution in [2.24, 2.45) is 0 Å². The number of nitrogens with zero attached hydrogens (tertiary/aromatic N) is 1. The first-order chi connectivity index (χ1) is 16.5. The number of rotatable bonds is 9. The highest BCUT2D eigenvalue weighted by Gasteiger charge is 2.26. The molecule has 1 N–H and O–H groups in total. The van der Waals surface area contributed by atoms with E-state index in [4.69, 9.17) is 9.47 Å². The number of likely N-dealkylation sites (tertiary alicyclic amines) is 1. The lowest BCUT2D eigenvalue weighted by Crippen LogP contribution is -2.47. The fourth-order valence-corrected chi connectivity index (χ4v) is 5.07. The second kappa shape index (κ2) is 11.2. The molecule has 1 aliphatic heterocycles. The van der Waals surface area contributed by atoms with Gasteiger partial charge in [-0.2, -0.15) is 0 Å². The number of benzene rings is 3. The largest absolute Gasteiger partial charge is 0.489 e. The van der Waals surface area contributed by atoms with Crippen molar-refractivity contribution in [3.05, 3.63) is 90.5 Å². The van der Waals surface area contributed by atoms with E-state index < -0.39 is 10.0 Å². The Morgan fingerprint density at radius 3 is 2.00 bits per heavy atom. The van der Waals surface area contributed by atoms with Crippen LogP contribution in [0.25, 0.3) is 0 Å². The summed E-state index contributed by atoms with van der Waals surface area (Å²) in [6, 6.07) is 25.2. The van der Waals surface area contributed by atoms with Crippen LogP contribution in [0.4, 0.5) is 0 Å². The van der Waals surface area contributed by atoms with Gasteiger partial charge in [0.2, 0.25) is 10.0 Å². The van der Waals surface area contributed by atoms with Crippen molar-refractivity contribution >= 4 is 15.9 Å². The zero-order chi connectivity index (χ0) is 23.8. The Balaban J connectivity index is 1.19. The highest BCUT2D eigenvalue weighted by molar-refractivity contribution is 7.89. The van der Waals surface area contributed by atoms with Crippen molar-refractivity contribution in [1.82, 2.24) is 9.62 Å². The van der Waals surface area contributed by atoms with Crippen LogP contribution in [-0.4, -0.2) is 45.0 Å². The summed E-state index contributed by atoms with van der Waals surface area (Å²) in [6.45, 7) is 1.38. The van der Waals surface area contributed by atoms with Gasteiger partial charge in [-0.3, -0.25) is 4.79 Å². The summed E-state index contributed by atoms with van der Waals surface area (Å²) in [7, 11) is -3.56. The minimum absolute atomic E-state index is 0.0649. The molecule has 1 amide bonds. The van der Waals surface area contributed by atoms with Gasteiger partial charge in [0.15, 0.2) is 6.61 Å². The number of nitrogens with one attached hydrogen (secondary N) is 1. The third kappa shape index (κ3) is 6.59. The molecule has 1 heterocycles. The van der Waals surface area contributed by atoms with E-state index in [2.05, 4.69) is 4.72 Å². The number of hydrogen-bond donors (Lipinski definition) is 1. The van der Waals surface area contributed by atoms with Crippen LogP contribution < -0.4 is 14.2 Å². The Labute approximate surface area is 200 Å². The van der Waals surface area contributed by atoms with Gasteiger partial charge in [0.1, 0.15) is 18.1 Å². The van der Waals surface area contributed by atoms with Crippen LogP contribution in [0, 0.1) is 0 Å². The molecule has 3 aromatic rings. The van der Waals surface area contributed by atoms with Gasteiger partial charge in [0, 0.05) is 19.1 Å². The molecule has 0 spiro atoms. The van der Waals surface area contributed by atoms with Gasteiger partial charge in [-0.1, -0.05) is 48.5 Å². The highest BCUT2D eigenvalue weighted by Crippen LogP contribution is 2.20. The first-order valence-electron chi connectivity index (χ1n) is 11.2. The number of piperidine rings is 1. The molecule has 0 atom stereocenters. The molecule has 1 fully saturated rings. The number of sulfonamides is 1. The van der Waals surface area contributed by atoms with E-state index in [-0.39, 0.29) is 23.5 Å². The maximum Gasteiger partial charge on any atom is 0.260 e. The molecule has 8 heteroatoms. The summed E-state index contributed by atoms with van der Waals surface area (Å²) in [4.78, 5) is 14.5. The molecule has 0 unspecified atom stereocenters. The number of carbonyl (C=O) groups excluding carboxylic acids is 1. The Kier molecular flexibility index (Phi) is 7.82. The smallest absolute Gasteiger partial charge is 0.260 e. The maximum absolute atomic E-state index is 12.5. The molecule has 0 bridgehead atoms. The molecule has 7 nitrogen and oxygen atoms in total. The summed E-state index contributed by atoms with van der Waals surface area (Å²) in [5, 5.41) is 0. The van der Waals surface area contributed by atoms with Crippen molar-refractivity contribution in [3.8, 4) is 11.5 Å². The molecule has 1 aliphatic rings. The summed E-state index contributed by atoms with van der Waals surface area (Å²) in [6.07, 6.45) is 1.12. The fraction of sp³-hybridized carbons (Fsp3) is 0.269. The predicted molar refractivity (Wildman–Crippen MR) is 129 cm³/mol. The second-order valence-electron chi connectivity index (χ2n) is 8.12. The molecule has 1 saturated heterocycles. The first-order valence-corrected chi connectivity index (χ1v) is 12.7. The average Bonchev–Trinajstić information content (AvgIpc) is 2.88. The third-order valence-corrected chi connectivity index (χ3v) is 7.19. The lowest BCUT2D eigenvalue weighted by Gasteiger charge is -2.32. The Morgan fingerprint density at radius 2 is 1.38 bits per heavy atom. The van der Waals surface area contributed by atoms with Gasteiger partial charge in [-0.15, -0.1) is 0 Å².